The van der Waals surface area contributed by atoms with Crippen molar-refractivity contribution >= 4 is 23.5 Å². The van der Waals surface area contributed by atoms with Crippen LogP contribution in [-0.2, 0) is 10.2 Å². The van der Waals surface area contributed by atoms with Crippen molar-refractivity contribution < 1.29 is 14.4 Å². The molecule has 0 radical (unpaired) electrons. The second-order valence-electron chi connectivity index (χ2n) is 5.04. The van der Waals surface area contributed by atoms with Crippen molar-refractivity contribution in [2.24, 2.45) is 0 Å². The van der Waals surface area contributed by atoms with Gasteiger partial charge in [0.05, 0.1) is 5.41 Å². The highest BCUT2D eigenvalue weighted by molar-refractivity contribution is 6.13. The average molecular weight is 289 g/mol. The number of urea groups is 1. The van der Waals surface area contributed by atoms with Crippen molar-refractivity contribution in [3.63, 3.8) is 0 Å². The van der Waals surface area contributed by atoms with Crippen LogP contribution in [0.25, 0.3) is 0 Å². The minimum absolute atomic E-state index is 0.276. The molecule has 112 valence electrons. The van der Waals surface area contributed by atoms with Crippen molar-refractivity contribution in [3.05, 3.63) is 29.3 Å². The summed E-state index contributed by atoms with van der Waals surface area (Å²) in [4.78, 5) is 35.7. The van der Waals surface area contributed by atoms with Gasteiger partial charge in [0, 0.05) is 18.3 Å². The molecule has 3 N–H and O–H groups in total. The molecule has 0 aromatic heterocycles. The molecular formula is C15H19N3O3. The maximum absolute atomic E-state index is 12.3. The van der Waals surface area contributed by atoms with Crippen molar-refractivity contribution in [1.29, 1.82) is 0 Å². The van der Waals surface area contributed by atoms with Crippen LogP contribution in [0.4, 0.5) is 10.5 Å². The molecule has 0 fully saturated rings. The summed E-state index contributed by atoms with van der Waals surface area (Å²) in [5, 5.41) is 7.55. The van der Waals surface area contributed by atoms with E-state index in [0.717, 1.165) is 0 Å². The standard InChI is InChI=1S/C15H19N3O3/c1-4-15(5-2)11-8-9(17-14(21)16-3)6-7-10(11)12(19)18-13(15)20/h6-8H,4-5H2,1-3H3,(H2,16,17,21)(H,18,19,20). The predicted molar refractivity (Wildman–Crippen MR) is 79.3 cm³/mol. The van der Waals surface area contributed by atoms with Gasteiger partial charge in [-0.2, -0.15) is 0 Å². The van der Waals surface area contributed by atoms with Crippen LogP contribution in [0, 0.1) is 0 Å². The third-order valence-corrected chi connectivity index (χ3v) is 4.13. The number of benzene rings is 1. The molecule has 6 nitrogen and oxygen atoms in total. The molecule has 0 saturated heterocycles. The highest BCUT2D eigenvalue weighted by Gasteiger charge is 2.44. The number of hydrogen-bond donors (Lipinski definition) is 3. The third kappa shape index (κ3) is 2.37. The zero-order valence-corrected chi connectivity index (χ0v) is 12.4. The zero-order valence-electron chi connectivity index (χ0n) is 12.4. The fraction of sp³-hybridized carbons (Fsp3) is 0.400. The molecule has 2 rings (SSSR count). The Balaban J connectivity index is 2.56. The summed E-state index contributed by atoms with van der Waals surface area (Å²) >= 11 is 0. The van der Waals surface area contributed by atoms with Crippen molar-refractivity contribution in [1.82, 2.24) is 10.6 Å². The summed E-state index contributed by atoms with van der Waals surface area (Å²) in [6, 6.07) is 4.66. The Bertz CT molecular complexity index is 606. The van der Waals surface area contributed by atoms with Crippen LogP contribution in [0.15, 0.2) is 18.2 Å². The normalized spacial score (nSPS) is 16.0. The van der Waals surface area contributed by atoms with Crippen LogP contribution in [0.2, 0.25) is 0 Å². The Hall–Kier alpha value is -2.37. The number of fused-ring (bicyclic) bond motifs is 1. The number of amides is 4. The van der Waals surface area contributed by atoms with Crippen LogP contribution in [0.5, 0.6) is 0 Å². The summed E-state index contributed by atoms with van der Waals surface area (Å²) in [5.41, 5.74) is 0.988. The van der Waals surface area contributed by atoms with Gasteiger partial charge in [-0.25, -0.2) is 4.79 Å². The lowest BCUT2D eigenvalue weighted by Gasteiger charge is -2.36. The van der Waals surface area contributed by atoms with E-state index in [1.807, 2.05) is 13.8 Å². The van der Waals surface area contributed by atoms with Gasteiger partial charge in [0.1, 0.15) is 0 Å². The van der Waals surface area contributed by atoms with Gasteiger partial charge >= 0.3 is 6.03 Å². The molecule has 1 aliphatic rings. The van der Waals surface area contributed by atoms with Crippen LogP contribution in [0.3, 0.4) is 0 Å². The molecule has 4 amide bonds. The summed E-state index contributed by atoms with van der Waals surface area (Å²) in [6.07, 6.45) is 1.16. The lowest BCUT2D eigenvalue weighted by atomic mass is 9.71. The molecule has 1 aliphatic heterocycles. The summed E-state index contributed by atoms with van der Waals surface area (Å²) in [7, 11) is 1.52. The van der Waals surface area contributed by atoms with E-state index in [2.05, 4.69) is 16.0 Å². The van der Waals surface area contributed by atoms with E-state index in [-0.39, 0.29) is 17.8 Å². The molecule has 0 bridgehead atoms. The molecule has 0 saturated carbocycles. The Morgan fingerprint density at radius 2 is 1.90 bits per heavy atom. The summed E-state index contributed by atoms with van der Waals surface area (Å²) in [5.74, 6) is -0.666. The van der Waals surface area contributed by atoms with E-state index in [1.54, 1.807) is 18.2 Å². The van der Waals surface area contributed by atoms with Gasteiger partial charge in [-0.05, 0) is 36.6 Å². The van der Waals surface area contributed by atoms with Gasteiger partial charge in [0.2, 0.25) is 5.91 Å². The van der Waals surface area contributed by atoms with E-state index in [4.69, 9.17) is 0 Å². The van der Waals surface area contributed by atoms with E-state index >= 15 is 0 Å². The highest BCUT2D eigenvalue weighted by Crippen LogP contribution is 2.38. The Kier molecular flexibility index (Phi) is 3.97. The maximum atomic E-state index is 12.3. The fourth-order valence-corrected chi connectivity index (χ4v) is 2.77. The van der Waals surface area contributed by atoms with Crippen molar-refractivity contribution in [3.8, 4) is 0 Å². The fourth-order valence-electron chi connectivity index (χ4n) is 2.77. The van der Waals surface area contributed by atoms with Crippen LogP contribution >= 0.6 is 0 Å². The number of carbonyl (C=O) groups excluding carboxylic acids is 3. The molecule has 0 spiro atoms. The van der Waals surface area contributed by atoms with Gasteiger partial charge in [-0.1, -0.05) is 13.8 Å². The van der Waals surface area contributed by atoms with E-state index in [9.17, 15) is 14.4 Å². The number of hydrogen-bond acceptors (Lipinski definition) is 3. The molecule has 1 aromatic carbocycles. The lowest BCUT2D eigenvalue weighted by Crippen LogP contribution is -2.51. The molecule has 21 heavy (non-hydrogen) atoms. The van der Waals surface area contributed by atoms with Gasteiger partial charge < -0.3 is 10.6 Å². The van der Waals surface area contributed by atoms with Gasteiger partial charge in [0.15, 0.2) is 0 Å². The maximum Gasteiger partial charge on any atom is 0.318 e. The van der Waals surface area contributed by atoms with Crippen molar-refractivity contribution in [2.75, 3.05) is 12.4 Å². The lowest BCUT2D eigenvalue weighted by molar-refractivity contribution is -0.126. The number of imide groups is 1. The van der Waals surface area contributed by atoms with E-state index < -0.39 is 5.41 Å². The Morgan fingerprint density at radius 1 is 1.24 bits per heavy atom. The van der Waals surface area contributed by atoms with Crippen LogP contribution < -0.4 is 16.0 Å². The van der Waals surface area contributed by atoms with Gasteiger partial charge in [0.25, 0.3) is 5.91 Å². The quantitative estimate of drug-likeness (QED) is 0.741. The molecule has 1 aromatic rings. The van der Waals surface area contributed by atoms with Crippen LogP contribution in [-0.4, -0.2) is 24.9 Å². The number of anilines is 1. The smallest absolute Gasteiger partial charge is 0.318 e. The molecule has 0 unspecified atom stereocenters. The first-order valence-electron chi connectivity index (χ1n) is 6.97. The summed E-state index contributed by atoms with van der Waals surface area (Å²) < 4.78 is 0. The number of carbonyl (C=O) groups is 3. The minimum Gasteiger partial charge on any atom is -0.341 e. The molecule has 0 aliphatic carbocycles. The number of nitrogens with one attached hydrogen (secondary N) is 3. The monoisotopic (exact) mass is 289 g/mol. The second kappa shape index (κ2) is 5.55. The molecule has 0 atom stereocenters. The largest absolute Gasteiger partial charge is 0.341 e. The molecular weight excluding hydrogens is 270 g/mol. The molecule has 1 heterocycles. The topological polar surface area (TPSA) is 87.3 Å². The first kappa shape index (κ1) is 15.0. The first-order chi connectivity index (χ1) is 9.98. The van der Waals surface area contributed by atoms with Crippen molar-refractivity contribution in [2.45, 2.75) is 32.1 Å². The molecule has 6 heteroatoms. The predicted octanol–water partition coefficient (Wildman–Crippen LogP) is 1.77. The van der Waals surface area contributed by atoms with Crippen LogP contribution in [0.1, 0.15) is 42.6 Å². The van der Waals surface area contributed by atoms with E-state index in [0.29, 0.717) is 29.7 Å². The zero-order chi connectivity index (χ0) is 15.6. The van der Waals surface area contributed by atoms with Gasteiger partial charge in [-0.15, -0.1) is 0 Å². The average Bonchev–Trinajstić information content (AvgIpc) is 2.48. The second-order valence-corrected chi connectivity index (χ2v) is 5.04. The highest BCUT2D eigenvalue weighted by atomic mass is 16.2. The minimum atomic E-state index is -0.733. The first-order valence-corrected chi connectivity index (χ1v) is 6.97. The number of rotatable bonds is 3. The Labute approximate surface area is 123 Å². The SMILES string of the molecule is CCC1(CC)C(=O)NC(=O)c2ccc(NC(=O)NC)cc21. The van der Waals surface area contributed by atoms with E-state index in [1.165, 1.54) is 7.05 Å². The Morgan fingerprint density at radius 3 is 2.48 bits per heavy atom. The van der Waals surface area contributed by atoms with Gasteiger partial charge in [-0.3, -0.25) is 14.9 Å². The summed E-state index contributed by atoms with van der Waals surface area (Å²) in [6.45, 7) is 3.84. The third-order valence-electron chi connectivity index (χ3n) is 4.13.